The highest BCUT2D eigenvalue weighted by molar-refractivity contribution is 7.87. The van der Waals surface area contributed by atoms with Crippen molar-refractivity contribution < 1.29 is 8.42 Å². The minimum absolute atomic E-state index is 0.0502. The Balaban J connectivity index is 2.68. The Bertz CT molecular complexity index is 290. The second-order valence-corrected chi connectivity index (χ2v) is 5.90. The lowest BCUT2D eigenvalue weighted by Crippen LogP contribution is -2.48. The van der Waals surface area contributed by atoms with Crippen molar-refractivity contribution in [2.75, 3.05) is 20.1 Å². The summed E-state index contributed by atoms with van der Waals surface area (Å²) in [6, 6.07) is 0.0529. The number of nitrogens with one attached hydrogen (secondary N) is 2. The molecule has 5 nitrogen and oxygen atoms in total. The molecule has 15 heavy (non-hydrogen) atoms. The Kier molecular flexibility index (Phi) is 4.51. The summed E-state index contributed by atoms with van der Waals surface area (Å²) in [7, 11) is -1.44. The number of rotatable bonds is 5. The van der Waals surface area contributed by atoms with Crippen molar-refractivity contribution in [1.82, 2.24) is 14.3 Å². The lowest BCUT2D eigenvalue weighted by Gasteiger charge is -2.25. The molecule has 0 aliphatic carbocycles. The fourth-order valence-electron chi connectivity index (χ4n) is 1.93. The SMILES string of the molecule is CNCC1CCCN1S(=O)(=O)NC(C)C. The van der Waals surface area contributed by atoms with Crippen molar-refractivity contribution in [2.45, 2.75) is 38.8 Å². The third kappa shape index (κ3) is 3.41. The molecule has 1 aliphatic rings. The zero-order chi connectivity index (χ0) is 11.5. The van der Waals surface area contributed by atoms with Gasteiger partial charge in [0.2, 0.25) is 0 Å². The summed E-state index contributed by atoms with van der Waals surface area (Å²) in [6.45, 7) is 5.02. The van der Waals surface area contributed by atoms with Gasteiger partial charge in [-0.2, -0.15) is 17.4 Å². The first-order valence-corrected chi connectivity index (χ1v) is 6.85. The van der Waals surface area contributed by atoms with E-state index in [4.69, 9.17) is 0 Å². The second-order valence-electron chi connectivity index (χ2n) is 4.24. The van der Waals surface area contributed by atoms with Crippen LogP contribution in [0.1, 0.15) is 26.7 Å². The lowest BCUT2D eigenvalue weighted by atomic mass is 10.2. The number of hydrogen-bond donors (Lipinski definition) is 2. The van der Waals surface area contributed by atoms with Crippen LogP contribution < -0.4 is 10.0 Å². The molecule has 6 heteroatoms. The predicted octanol–water partition coefficient (Wildman–Crippen LogP) is -0.0870. The first kappa shape index (κ1) is 12.9. The maximum atomic E-state index is 11.9. The van der Waals surface area contributed by atoms with Crippen LogP contribution >= 0.6 is 0 Å². The van der Waals surface area contributed by atoms with Gasteiger partial charge < -0.3 is 5.32 Å². The van der Waals surface area contributed by atoms with Crippen molar-refractivity contribution in [3.63, 3.8) is 0 Å². The summed E-state index contributed by atoms with van der Waals surface area (Å²) in [5, 5.41) is 3.03. The monoisotopic (exact) mass is 235 g/mol. The van der Waals surface area contributed by atoms with Gasteiger partial charge in [0.25, 0.3) is 10.2 Å². The van der Waals surface area contributed by atoms with Crippen LogP contribution in [0, 0.1) is 0 Å². The van der Waals surface area contributed by atoms with Crippen LogP contribution in [0.4, 0.5) is 0 Å². The minimum atomic E-state index is -3.29. The molecule has 0 spiro atoms. The van der Waals surface area contributed by atoms with Gasteiger partial charge in [0, 0.05) is 25.2 Å². The van der Waals surface area contributed by atoms with Gasteiger partial charge in [-0.3, -0.25) is 0 Å². The average Bonchev–Trinajstić information content (AvgIpc) is 2.51. The van der Waals surface area contributed by atoms with Crippen LogP contribution in [0.3, 0.4) is 0 Å². The molecule has 90 valence electrons. The van der Waals surface area contributed by atoms with E-state index in [0.29, 0.717) is 6.54 Å². The van der Waals surface area contributed by atoms with E-state index in [1.54, 1.807) is 4.31 Å². The van der Waals surface area contributed by atoms with E-state index < -0.39 is 10.2 Å². The highest BCUT2D eigenvalue weighted by atomic mass is 32.2. The van der Waals surface area contributed by atoms with Gasteiger partial charge in [-0.1, -0.05) is 0 Å². The zero-order valence-corrected chi connectivity index (χ0v) is 10.5. The van der Waals surface area contributed by atoms with Crippen molar-refractivity contribution in [2.24, 2.45) is 0 Å². The van der Waals surface area contributed by atoms with E-state index in [0.717, 1.165) is 19.4 Å². The molecule has 0 aromatic rings. The molecule has 1 saturated heterocycles. The van der Waals surface area contributed by atoms with E-state index in [-0.39, 0.29) is 12.1 Å². The molecule has 0 aromatic heterocycles. The highest BCUT2D eigenvalue weighted by Crippen LogP contribution is 2.19. The molecular weight excluding hydrogens is 214 g/mol. The molecule has 0 saturated carbocycles. The van der Waals surface area contributed by atoms with E-state index in [1.165, 1.54) is 0 Å². The Morgan fingerprint density at radius 1 is 1.47 bits per heavy atom. The van der Waals surface area contributed by atoms with Crippen molar-refractivity contribution >= 4 is 10.2 Å². The molecule has 1 rings (SSSR count). The van der Waals surface area contributed by atoms with Crippen molar-refractivity contribution in [3.05, 3.63) is 0 Å². The van der Waals surface area contributed by atoms with Gasteiger partial charge in [0.05, 0.1) is 0 Å². The zero-order valence-electron chi connectivity index (χ0n) is 9.66. The molecule has 1 unspecified atom stereocenters. The summed E-state index contributed by atoms with van der Waals surface area (Å²) in [5.41, 5.74) is 0. The van der Waals surface area contributed by atoms with Gasteiger partial charge in [0.1, 0.15) is 0 Å². The topological polar surface area (TPSA) is 61.4 Å². The minimum Gasteiger partial charge on any atom is -0.318 e. The molecule has 2 N–H and O–H groups in total. The maximum Gasteiger partial charge on any atom is 0.279 e. The summed E-state index contributed by atoms with van der Waals surface area (Å²) in [6.07, 6.45) is 1.89. The van der Waals surface area contributed by atoms with Crippen LogP contribution in [0.2, 0.25) is 0 Å². The normalized spacial score (nSPS) is 23.9. The average molecular weight is 235 g/mol. The summed E-state index contributed by atoms with van der Waals surface area (Å²) < 4.78 is 28.0. The first-order chi connectivity index (χ1) is 6.97. The van der Waals surface area contributed by atoms with Gasteiger partial charge in [0.15, 0.2) is 0 Å². The molecule has 1 fully saturated rings. The fraction of sp³-hybridized carbons (Fsp3) is 1.00. The van der Waals surface area contributed by atoms with Crippen LogP contribution in [-0.4, -0.2) is 44.9 Å². The molecule has 0 amide bonds. The molecular formula is C9H21N3O2S. The van der Waals surface area contributed by atoms with Crippen molar-refractivity contribution in [1.29, 1.82) is 0 Å². The molecule has 1 heterocycles. The molecule has 0 bridgehead atoms. The predicted molar refractivity (Wildman–Crippen MR) is 60.8 cm³/mol. The summed E-state index contributed by atoms with van der Waals surface area (Å²) in [5.74, 6) is 0. The van der Waals surface area contributed by atoms with Crippen LogP contribution in [0.15, 0.2) is 0 Å². The van der Waals surface area contributed by atoms with E-state index in [9.17, 15) is 8.42 Å². The van der Waals surface area contributed by atoms with Gasteiger partial charge >= 0.3 is 0 Å². The van der Waals surface area contributed by atoms with Gasteiger partial charge in [-0.25, -0.2) is 0 Å². The molecule has 0 radical (unpaired) electrons. The summed E-state index contributed by atoms with van der Waals surface area (Å²) >= 11 is 0. The quantitative estimate of drug-likeness (QED) is 0.700. The number of likely N-dealkylation sites (N-methyl/N-ethyl adjacent to an activating group) is 1. The molecule has 1 atom stereocenters. The Labute approximate surface area is 92.4 Å². The third-order valence-corrected chi connectivity index (χ3v) is 4.32. The standard InChI is InChI=1S/C9H21N3O2S/c1-8(2)11-15(13,14)12-6-4-5-9(12)7-10-3/h8-11H,4-7H2,1-3H3. The maximum absolute atomic E-state index is 11.9. The lowest BCUT2D eigenvalue weighted by molar-refractivity contribution is 0.370. The van der Waals surface area contributed by atoms with Crippen molar-refractivity contribution in [3.8, 4) is 0 Å². The van der Waals surface area contributed by atoms with Crippen LogP contribution in [0.5, 0.6) is 0 Å². The first-order valence-electron chi connectivity index (χ1n) is 5.41. The second kappa shape index (κ2) is 5.25. The largest absolute Gasteiger partial charge is 0.318 e. The Morgan fingerprint density at radius 3 is 2.67 bits per heavy atom. The smallest absolute Gasteiger partial charge is 0.279 e. The van der Waals surface area contributed by atoms with E-state index in [2.05, 4.69) is 10.0 Å². The van der Waals surface area contributed by atoms with Crippen LogP contribution in [-0.2, 0) is 10.2 Å². The van der Waals surface area contributed by atoms with E-state index in [1.807, 2.05) is 20.9 Å². The highest BCUT2D eigenvalue weighted by Gasteiger charge is 2.33. The van der Waals surface area contributed by atoms with Gasteiger partial charge in [-0.15, -0.1) is 0 Å². The number of hydrogen-bond acceptors (Lipinski definition) is 3. The van der Waals surface area contributed by atoms with Crippen LogP contribution in [0.25, 0.3) is 0 Å². The fourth-order valence-corrected chi connectivity index (χ4v) is 3.60. The third-order valence-electron chi connectivity index (χ3n) is 2.46. The molecule has 1 aliphatic heterocycles. The Hall–Kier alpha value is -0.170. The Morgan fingerprint density at radius 2 is 2.13 bits per heavy atom. The molecule has 0 aromatic carbocycles. The number of nitrogens with zero attached hydrogens (tertiary/aromatic N) is 1. The van der Waals surface area contributed by atoms with E-state index >= 15 is 0 Å². The van der Waals surface area contributed by atoms with Gasteiger partial charge in [-0.05, 0) is 33.7 Å². The summed E-state index contributed by atoms with van der Waals surface area (Å²) in [4.78, 5) is 0.